The van der Waals surface area contributed by atoms with Gasteiger partial charge in [-0.25, -0.2) is 0 Å². The van der Waals surface area contributed by atoms with Crippen LogP contribution in [0.5, 0.6) is 0 Å². The molecule has 0 saturated carbocycles. The van der Waals surface area contributed by atoms with Gasteiger partial charge in [-0.3, -0.25) is 4.90 Å². The number of benzene rings is 1. The van der Waals surface area contributed by atoms with E-state index < -0.39 is 10.0 Å². The summed E-state index contributed by atoms with van der Waals surface area (Å²) < 4.78 is 28.1. The Balaban J connectivity index is 1.83. The van der Waals surface area contributed by atoms with Crippen LogP contribution in [0.25, 0.3) is 0 Å². The van der Waals surface area contributed by atoms with Crippen molar-refractivity contribution in [2.45, 2.75) is 18.2 Å². The zero-order chi connectivity index (χ0) is 14.2. The maximum absolute atomic E-state index is 12.0. The summed E-state index contributed by atoms with van der Waals surface area (Å²) >= 11 is 0. The molecule has 2 heterocycles. The molecule has 1 saturated heterocycles. The largest absolute Gasteiger partial charge is 0.353 e. The van der Waals surface area contributed by atoms with Crippen LogP contribution in [0.1, 0.15) is 18.9 Å². The van der Waals surface area contributed by atoms with Crippen molar-refractivity contribution in [2.24, 2.45) is 4.40 Å². The van der Waals surface area contributed by atoms with Crippen molar-refractivity contribution in [3.8, 4) is 0 Å². The van der Waals surface area contributed by atoms with Gasteiger partial charge in [0.2, 0.25) is 0 Å². The second-order valence-corrected chi connectivity index (χ2v) is 6.79. The van der Waals surface area contributed by atoms with E-state index in [1.54, 1.807) is 12.1 Å². The van der Waals surface area contributed by atoms with Gasteiger partial charge in [-0.15, -0.1) is 4.40 Å². The van der Waals surface area contributed by atoms with Crippen LogP contribution in [0.15, 0.2) is 33.6 Å². The van der Waals surface area contributed by atoms with Gasteiger partial charge in [0.05, 0.1) is 0 Å². The lowest BCUT2D eigenvalue weighted by atomic mass is 10.1. The molecule has 5 nitrogen and oxygen atoms in total. The van der Waals surface area contributed by atoms with E-state index >= 15 is 0 Å². The second kappa shape index (κ2) is 5.18. The van der Waals surface area contributed by atoms with Crippen molar-refractivity contribution < 1.29 is 8.42 Å². The number of nitrogens with zero attached hydrogens (tertiary/aromatic N) is 3. The number of rotatable bonds is 2. The molecule has 0 bridgehead atoms. The van der Waals surface area contributed by atoms with E-state index in [2.05, 4.69) is 21.1 Å². The lowest BCUT2D eigenvalue weighted by Crippen LogP contribution is -2.48. The van der Waals surface area contributed by atoms with Gasteiger partial charge in [0, 0.05) is 31.7 Å². The summed E-state index contributed by atoms with van der Waals surface area (Å²) in [4.78, 5) is 4.84. The minimum Gasteiger partial charge on any atom is -0.353 e. The molecule has 0 amide bonds. The lowest BCUT2D eigenvalue weighted by molar-refractivity contribution is 0.183. The van der Waals surface area contributed by atoms with E-state index in [4.69, 9.17) is 0 Å². The number of sulfonamides is 1. The summed E-state index contributed by atoms with van der Waals surface area (Å²) in [6, 6.07) is 7.09. The number of hydrogen-bond donors (Lipinski definition) is 0. The third kappa shape index (κ3) is 2.33. The molecule has 0 unspecified atom stereocenters. The summed E-state index contributed by atoms with van der Waals surface area (Å²) in [6.45, 7) is 6.89. The van der Waals surface area contributed by atoms with Crippen molar-refractivity contribution in [3.05, 3.63) is 29.8 Å². The molecule has 0 radical (unpaired) electrons. The van der Waals surface area contributed by atoms with Crippen molar-refractivity contribution in [2.75, 3.05) is 32.7 Å². The van der Waals surface area contributed by atoms with Gasteiger partial charge in [0.25, 0.3) is 10.0 Å². The van der Waals surface area contributed by atoms with Gasteiger partial charge in [-0.05, 0) is 25.1 Å². The quantitative estimate of drug-likeness (QED) is 0.821. The average molecular weight is 293 g/mol. The Kier molecular flexibility index (Phi) is 3.52. The molecule has 0 aliphatic carbocycles. The van der Waals surface area contributed by atoms with Gasteiger partial charge >= 0.3 is 0 Å². The maximum Gasteiger partial charge on any atom is 0.285 e. The molecule has 1 aromatic rings. The van der Waals surface area contributed by atoms with Crippen molar-refractivity contribution >= 4 is 15.9 Å². The fraction of sp³-hybridized carbons (Fsp3) is 0.500. The van der Waals surface area contributed by atoms with Crippen molar-refractivity contribution in [1.82, 2.24) is 9.80 Å². The Morgan fingerprint density at radius 1 is 1.15 bits per heavy atom. The third-order valence-corrected chi connectivity index (χ3v) is 5.15. The molecule has 2 aliphatic heterocycles. The predicted octanol–water partition coefficient (Wildman–Crippen LogP) is 1.16. The summed E-state index contributed by atoms with van der Waals surface area (Å²) in [6.07, 6.45) is 1.15. The first-order valence-electron chi connectivity index (χ1n) is 7.03. The molecule has 1 aromatic carbocycles. The minimum atomic E-state index is -3.50. The van der Waals surface area contributed by atoms with E-state index in [0.717, 1.165) is 44.7 Å². The maximum atomic E-state index is 12.0. The average Bonchev–Trinajstić information content (AvgIpc) is 2.73. The molecule has 0 atom stereocenters. The van der Waals surface area contributed by atoms with Crippen molar-refractivity contribution in [3.63, 3.8) is 0 Å². The molecule has 20 heavy (non-hydrogen) atoms. The standard InChI is InChI=1S/C14H19N3O2S/c1-2-7-16-8-10-17(11-9-16)14-12-5-3-4-6-13(12)20(18,19)15-14/h3-6H,2,7-11H2,1H3. The Morgan fingerprint density at radius 2 is 1.85 bits per heavy atom. The highest BCUT2D eigenvalue weighted by Crippen LogP contribution is 2.27. The Labute approximate surface area is 120 Å². The first kappa shape index (κ1) is 13.6. The first-order valence-corrected chi connectivity index (χ1v) is 8.47. The molecule has 0 spiro atoms. The molecule has 6 heteroatoms. The molecule has 2 aliphatic rings. The van der Waals surface area contributed by atoms with Crippen LogP contribution in [0.2, 0.25) is 0 Å². The second-order valence-electron chi connectivity index (χ2n) is 5.21. The molecular weight excluding hydrogens is 274 g/mol. The van der Waals surface area contributed by atoms with E-state index in [0.29, 0.717) is 10.7 Å². The van der Waals surface area contributed by atoms with Gasteiger partial charge < -0.3 is 4.90 Å². The Hall–Kier alpha value is -1.40. The smallest absolute Gasteiger partial charge is 0.285 e. The molecular formula is C14H19N3O2S. The first-order chi connectivity index (χ1) is 9.62. The Bertz CT molecular complexity index is 632. The third-order valence-electron chi connectivity index (χ3n) is 3.82. The van der Waals surface area contributed by atoms with Crippen LogP contribution < -0.4 is 0 Å². The van der Waals surface area contributed by atoms with Crippen LogP contribution in [0, 0.1) is 0 Å². The summed E-state index contributed by atoms with van der Waals surface area (Å²) in [5, 5.41) is 0. The topological polar surface area (TPSA) is 53.0 Å². The van der Waals surface area contributed by atoms with Crippen molar-refractivity contribution in [1.29, 1.82) is 0 Å². The Morgan fingerprint density at radius 3 is 2.55 bits per heavy atom. The fourth-order valence-electron chi connectivity index (χ4n) is 2.82. The summed E-state index contributed by atoms with van der Waals surface area (Å²) in [7, 11) is -3.50. The molecule has 0 N–H and O–H groups in total. The predicted molar refractivity (Wildman–Crippen MR) is 78.5 cm³/mol. The van der Waals surface area contributed by atoms with Crippen LogP contribution in [-0.2, 0) is 10.0 Å². The van der Waals surface area contributed by atoms with Gasteiger partial charge in [-0.1, -0.05) is 19.1 Å². The fourth-order valence-corrected chi connectivity index (χ4v) is 4.04. The van der Waals surface area contributed by atoms with E-state index in [1.165, 1.54) is 0 Å². The van der Waals surface area contributed by atoms with E-state index in [1.807, 2.05) is 12.1 Å². The van der Waals surface area contributed by atoms with E-state index in [-0.39, 0.29) is 0 Å². The minimum absolute atomic E-state index is 0.339. The molecule has 0 aromatic heterocycles. The SMILES string of the molecule is CCCN1CCN(C2=NS(=O)(=O)c3ccccc32)CC1. The molecule has 1 fully saturated rings. The zero-order valence-corrected chi connectivity index (χ0v) is 12.4. The number of fused-ring (bicyclic) bond motifs is 1. The number of piperazine rings is 1. The van der Waals surface area contributed by atoms with E-state index in [9.17, 15) is 8.42 Å². The van der Waals surface area contributed by atoms with Gasteiger partial charge in [-0.2, -0.15) is 8.42 Å². The van der Waals surface area contributed by atoms with Gasteiger partial charge in [0.1, 0.15) is 4.90 Å². The summed E-state index contributed by atoms with van der Waals surface area (Å²) in [5.74, 6) is 0.622. The van der Waals surface area contributed by atoms with Crippen LogP contribution >= 0.6 is 0 Å². The van der Waals surface area contributed by atoms with Gasteiger partial charge in [0.15, 0.2) is 5.84 Å². The highest BCUT2D eigenvalue weighted by molar-refractivity contribution is 7.90. The zero-order valence-electron chi connectivity index (χ0n) is 11.6. The monoisotopic (exact) mass is 293 g/mol. The normalized spacial score (nSPS) is 21.6. The van der Waals surface area contributed by atoms with Crippen LogP contribution in [-0.4, -0.2) is 56.8 Å². The summed E-state index contributed by atoms with van der Waals surface area (Å²) in [5.41, 5.74) is 0.747. The number of amidine groups is 1. The molecule has 108 valence electrons. The lowest BCUT2D eigenvalue weighted by Gasteiger charge is -2.35. The number of hydrogen-bond acceptors (Lipinski definition) is 4. The van der Waals surface area contributed by atoms with Crippen LogP contribution in [0.3, 0.4) is 0 Å². The molecule has 3 rings (SSSR count). The highest BCUT2D eigenvalue weighted by Gasteiger charge is 2.32. The van der Waals surface area contributed by atoms with Crippen LogP contribution in [0.4, 0.5) is 0 Å². The highest BCUT2D eigenvalue weighted by atomic mass is 32.2.